The number of benzene rings is 1. The molecule has 0 aromatic heterocycles. The molecule has 20 heavy (non-hydrogen) atoms. The topological polar surface area (TPSA) is 29.3 Å². The average Bonchev–Trinajstić information content (AvgIpc) is 2.51. The molecule has 0 aliphatic rings. The molecule has 0 spiro atoms. The zero-order valence-corrected chi connectivity index (χ0v) is 13.7. The van der Waals surface area contributed by atoms with Crippen LogP contribution in [0, 0.1) is 0 Å². The number of nitrogens with zero attached hydrogens (tertiary/aromatic N) is 1. The maximum atomic E-state index is 6.10. The highest BCUT2D eigenvalue weighted by atomic mass is 15.2. The zero-order valence-electron chi connectivity index (χ0n) is 13.7. The van der Waals surface area contributed by atoms with E-state index in [1.165, 1.54) is 30.4 Å². The number of aryl methyl sites for hydroxylation is 1. The minimum Gasteiger partial charge on any atom is -0.329 e. The van der Waals surface area contributed by atoms with Crippen molar-refractivity contribution in [3.8, 4) is 0 Å². The summed E-state index contributed by atoms with van der Waals surface area (Å²) in [5, 5.41) is 0. The van der Waals surface area contributed by atoms with E-state index < -0.39 is 0 Å². The summed E-state index contributed by atoms with van der Waals surface area (Å²) in [7, 11) is 0. The van der Waals surface area contributed by atoms with Gasteiger partial charge in [-0.2, -0.15) is 0 Å². The molecule has 0 heterocycles. The predicted molar refractivity (Wildman–Crippen MR) is 89.0 cm³/mol. The summed E-state index contributed by atoms with van der Waals surface area (Å²) in [4.78, 5) is 2.59. The van der Waals surface area contributed by atoms with Gasteiger partial charge in [-0.25, -0.2) is 0 Å². The average molecular weight is 276 g/mol. The van der Waals surface area contributed by atoms with Gasteiger partial charge >= 0.3 is 0 Å². The lowest BCUT2D eigenvalue weighted by molar-refractivity contribution is 0.141. The van der Waals surface area contributed by atoms with Crippen LogP contribution < -0.4 is 5.73 Å². The first-order valence-corrected chi connectivity index (χ1v) is 8.22. The Morgan fingerprint density at radius 3 is 2.20 bits per heavy atom. The molecule has 0 radical (unpaired) electrons. The van der Waals surface area contributed by atoms with E-state index in [9.17, 15) is 0 Å². The van der Waals surface area contributed by atoms with Crippen LogP contribution in [0.5, 0.6) is 0 Å². The normalized spacial score (nSPS) is 14.5. The lowest BCUT2D eigenvalue weighted by atomic mass is 10.00. The third-order valence-electron chi connectivity index (χ3n) is 4.32. The Labute approximate surface area is 125 Å². The molecule has 1 aromatic rings. The van der Waals surface area contributed by atoms with E-state index in [2.05, 4.69) is 56.9 Å². The second kappa shape index (κ2) is 9.15. The largest absolute Gasteiger partial charge is 0.329 e. The Hall–Kier alpha value is -0.860. The fourth-order valence-electron chi connectivity index (χ4n) is 2.70. The van der Waals surface area contributed by atoms with Crippen LogP contribution in [0.4, 0.5) is 0 Å². The second-order valence-electron chi connectivity index (χ2n) is 5.70. The lowest BCUT2D eigenvalue weighted by Gasteiger charge is -2.36. The molecule has 0 amide bonds. The van der Waals surface area contributed by atoms with Crippen LogP contribution in [0.1, 0.15) is 64.1 Å². The first-order valence-electron chi connectivity index (χ1n) is 8.22. The van der Waals surface area contributed by atoms with Crippen molar-refractivity contribution in [3.05, 3.63) is 35.4 Å². The van der Waals surface area contributed by atoms with E-state index in [1.807, 2.05) is 0 Å². The molecule has 2 nitrogen and oxygen atoms in total. The Morgan fingerprint density at radius 2 is 1.75 bits per heavy atom. The molecular weight excluding hydrogens is 244 g/mol. The molecule has 0 saturated carbocycles. The highest BCUT2D eigenvalue weighted by molar-refractivity contribution is 5.25. The third-order valence-corrected chi connectivity index (χ3v) is 4.32. The van der Waals surface area contributed by atoms with Gasteiger partial charge in [0.25, 0.3) is 0 Å². The number of rotatable bonds is 9. The number of unbranched alkanes of at least 4 members (excludes halogenated alkanes) is 1. The van der Waals surface area contributed by atoms with Crippen LogP contribution in [0.25, 0.3) is 0 Å². The maximum Gasteiger partial charge on any atom is 0.0473 e. The van der Waals surface area contributed by atoms with Crippen LogP contribution >= 0.6 is 0 Å². The van der Waals surface area contributed by atoms with Crippen molar-refractivity contribution in [2.45, 2.75) is 65.5 Å². The van der Waals surface area contributed by atoms with Crippen molar-refractivity contribution < 1.29 is 0 Å². The molecular formula is C18H32N2. The van der Waals surface area contributed by atoms with Gasteiger partial charge in [-0.05, 0) is 43.9 Å². The van der Waals surface area contributed by atoms with Crippen LogP contribution in [0.2, 0.25) is 0 Å². The van der Waals surface area contributed by atoms with Gasteiger partial charge in [0.2, 0.25) is 0 Å². The van der Waals surface area contributed by atoms with Crippen LogP contribution in [0.3, 0.4) is 0 Å². The molecule has 0 aliphatic carbocycles. The smallest absolute Gasteiger partial charge is 0.0473 e. The molecule has 0 bridgehead atoms. The molecule has 0 aliphatic heterocycles. The summed E-state index contributed by atoms with van der Waals surface area (Å²) in [5.74, 6) is 0. The van der Waals surface area contributed by atoms with E-state index in [0.717, 1.165) is 13.0 Å². The summed E-state index contributed by atoms with van der Waals surface area (Å²) in [6.45, 7) is 10.9. The number of hydrogen-bond acceptors (Lipinski definition) is 2. The first-order chi connectivity index (χ1) is 9.67. The fourth-order valence-corrected chi connectivity index (χ4v) is 2.70. The molecule has 0 saturated heterocycles. The minimum absolute atomic E-state index is 0.349. The maximum absolute atomic E-state index is 6.10. The Bertz CT molecular complexity index is 358. The van der Waals surface area contributed by atoms with E-state index in [4.69, 9.17) is 5.73 Å². The van der Waals surface area contributed by atoms with Crippen molar-refractivity contribution in [1.82, 2.24) is 4.90 Å². The minimum atomic E-state index is 0.349. The predicted octanol–water partition coefficient (Wildman–Crippen LogP) is 4.15. The Balaban J connectivity index is 2.91. The lowest BCUT2D eigenvalue weighted by Crippen LogP contribution is -2.40. The van der Waals surface area contributed by atoms with E-state index in [1.54, 1.807) is 0 Å². The quantitative estimate of drug-likeness (QED) is 0.734. The van der Waals surface area contributed by atoms with Gasteiger partial charge in [-0.15, -0.1) is 0 Å². The summed E-state index contributed by atoms with van der Waals surface area (Å²) < 4.78 is 0. The van der Waals surface area contributed by atoms with Crippen molar-refractivity contribution in [2.75, 3.05) is 13.1 Å². The van der Waals surface area contributed by atoms with E-state index >= 15 is 0 Å². The SMILES string of the molecule is CCCCN(C(C)CC)C(CN)c1ccc(CC)cc1. The summed E-state index contributed by atoms with van der Waals surface area (Å²) >= 11 is 0. The zero-order chi connectivity index (χ0) is 15.0. The standard InChI is InChI=1S/C18H32N2/c1-5-8-13-20(15(4)6-2)18(14-19)17-11-9-16(7-3)10-12-17/h9-12,15,18H,5-8,13-14,19H2,1-4H3. The summed E-state index contributed by atoms with van der Waals surface area (Å²) in [5.41, 5.74) is 8.86. The molecule has 2 heteroatoms. The molecule has 0 fully saturated rings. The summed E-state index contributed by atoms with van der Waals surface area (Å²) in [6, 6.07) is 9.94. The molecule has 2 atom stereocenters. The Kier molecular flexibility index (Phi) is 7.86. The van der Waals surface area contributed by atoms with Crippen molar-refractivity contribution in [3.63, 3.8) is 0 Å². The second-order valence-corrected chi connectivity index (χ2v) is 5.70. The number of hydrogen-bond donors (Lipinski definition) is 1. The van der Waals surface area contributed by atoms with E-state index in [0.29, 0.717) is 18.6 Å². The molecule has 2 N–H and O–H groups in total. The fraction of sp³-hybridized carbons (Fsp3) is 0.667. The van der Waals surface area contributed by atoms with Gasteiger partial charge in [-0.3, -0.25) is 4.90 Å². The van der Waals surface area contributed by atoms with Crippen LogP contribution in [-0.4, -0.2) is 24.0 Å². The molecule has 114 valence electrons. The van der Waals surface area contributed by atoms with Gasteiger partial charge in [0.1, 0.15) is 0 Å². The van der Waals surface area contributed by atoms with Crippen molar-refractivity contribution in [1.29, 1.82) is 0 Å². The van der Waals surface area contributed by atoms with Crippen LogP contribution in [0.15, 0.2) is 24.3 Å². The monoisotopic (exact) mass is 276 g/mol. The molecule has 1 rings (SSSR count). The van der Waals surface area contributed by atoms with Crippen molar-refractivity contribution >= 4 is 0 Å². The summed E-state index contributed by atoms with van der Waals surface area (Å²) in [6.07, 6.45) is 4.75. The highest BCUT2D eigenvalue weighted by Crippen LogP contribution is 2.24. The van der Waals surface area contributed by atoms with Crippen molar-refractivity contribution in [2.24, 2.45) is 5.73 Å². The first kappa shape index (κ1) is 17.2. The molecule has 2 unspecified atom stereocenters. The van der Waals surface area contributed by atoms with Gasteiger partial charge in [0.05, 0.1) is 0 Å². The van der Waals surface area contributed by atoms with Gasteiger partial charge in [0.15, 0.2) is 0 Å². The highest BCUT2D eigenvalue weighted by Gasteiger charge is 2.22. The third kappa shape index (κ3) is 4.60. The molecule has 1 aromatic carbocycles. The number of nitrogens with two attached hydrogens (primary N) is 1. The van der Waals surface area contributed by atoms with Gasteiger partial charge in [0, 0.05) is 18.6 Å². The van der Waals surface area contributed by atoms with Crippen LogP contribution in [-0.2, 0) is 6.42 Å². The van der Waals surface area contributed by atoms with Gasteiger partial charge < -0.3 is 5.73 Å². The Morgan fingerprint density at radius 1 is 1.10 bits per heavy atom. The van der Waals surface area contributed by atoms with E-state index in [-0.39, 0.29) is 0 Å². The van der Waals surface area contributed by atoms with Gasteiger partial charge in [-0.1, -0.05) is 51.5 Å².